The van der Waals surface area contributed by atoms with Crippen LogP contribution < -0.4 is 14.8 Å². The molecule has 1 aliphatic heterocycles. The number of anilines is 1. The third kappa shape index (κ3) is 3.77. The van der Waals surface area contributed by atoms with Crippen LogP contribution in [0.15, 0.2) is 30.3 Å². The van der Waals surface area contributed by atoms with Gasteiger partial charge in [0.25, 0.3) is 5.69 Å². The molecule has 1 fully saturated rings. The van der Waals surface area contributed by atoms with Crippen molar-refractivity contribution >= 4 is 11.4 Å². The van der Waals surface area contributed by atoms with E-state index < -0.39 is 22.7 Å². The van der Waals surface area contributed by atoms with Crippen molar-refractivity contribution in [1.29, 1.82) is 0 Å². The van der Waals surface area contributed by atoms with E-state index >= 15 is 0 Å². The van der Waals surface area contributed by atoms with E-state index in [1.54, 1.807) is 0 Å². The molecule has 7 nitrogen and oxygen atoms in total. The number of ether oxygens (including phenoxy) is 3. The standard InChI is InChI=1S/C18H18F2N2O5/c1-25-16-8-14(15(22(23)24)9-17(16)26-2)21-13-5-6-27-18(13)10-3-4-11(19)12(20)7-10/h3-4,7-9,13,18,21H,5-6H2,1-2H3. The first-order chi connectivity index (χ1) is 12.9. The summed E-state index contributed by atoms with van der Waals surface area (Å²) in [6, 6.07) is 5.91. The maximum Gasteiger partial charge on any atom is 0.296 e. The second-order valence-corrected chi connectivity index (χ2v) is 5.99. The molecule has 1 saturated heterocycles. The molecule has 3 rings (SSSR count). The number of nitro benzene ring substituents is 1. The zero-order chi connectivity index (χ0) is 19.6. The largest absolute Gasteiger partial charge is 0.493 e. The molecule has 0 aromatic heterocycles. The minimum atomic E-state index is -0.973. The van der Waals surface area contributed by atoms with E-state index in [-0.39, 0.29) is 23.2 Å². The van der Waals surface area contributed by atoms with Crippen molar-refractivity contribution in [3.05, 3.63) is 57.6 Å². The van der Waals surface area contributed by atoms with E-state index in [1.165, 1.54) is 32.4 Å². The number of nitrogens with one attached hydrogen (secondary N) is 1. The van der Waals surface area contributed by atoms with Crippen molar-refractivity contribution in [1.82, 2.24) is 0 Å². The first-order valence-corrected chi connectivity index (χ1v) is 8.18. The van der Waals surface area contributed by atoms with Gasteiger partial charge in [-0.3, -0.25) is 10.1 Å². The molecule has 0 aliphatic carbocycles. The zero-order valence-corrected chi connectivity index (χ0v) is 14.7. The molecule has 0 saturated carbocycles. The van der Waals surface area contributed by atoms with Crippen LogP contribution in [0.3, 0.4) is 0 Å². The van der Waals surface area contributed by atoms with Crippen LogP contribution in [-0.2, 0) is 4.74 Å². The highest BCUT2D eigenvalue weighted by Crippen LogP contribution is 2.40. The van der Waals surface area contributed by atoms with Crippen LogP contribution in [0.1, 0.15) is 18.1 Å². The predicted octanol–water partition coefficient (Wildman–Crippen LogP) is 3.83. The topological polar surface area (TPSA) is 82.9 Å². The Morgan fingerprint density at radius 3 is 2.48 bits per heavy atom. The first-order valence-electron chi connectivity index (χ1n) is 8.18. The Balaban J connectivity index is 1.93. The van der Waals surface area contributed by atoms with E-state index in [2.05, 4.69) is 5.32 Å². The Morgan fingerprint density at radius 2 is 1.85 bits per heavy atom. The van der Waals surface area contributed by atoms with Gasteiger partial charge in [0.05, 0.1) is 31.3 Å². The molecule has 2 aromatic rings. The summed E-state index contributed by atoms with van der Waals surface area (Å²) in [6.07, 6.45) is -0.0392. The quantitative estimate of drug-likeness (QED) is 0.606. The summed E-state index contributed by atoms with van der Waals surface area (Å²) < 4.78 is 42.7. The van der Waals surface area contributed by atoms with Crippen LogP contribution in [0.25, 0.3) is 0 Å². The smallest absolute Gasteiger partial charge is 0.296 e. The van der Waals surface area contributed by atoms with Crippen molar-refractivity contribution < 1.29 is 27.9 Å². The molecule has 1 N–H and O–H groups in total. The summed E-state index contributed by atoms with van der Waals surface area (Å²) in [6.45, 7) is 0.377. The summed E-state index contributed by atoms with van der Waals surface area (Å²) in [5, 5.41) is 14.5. The summed E-state index contributed by atoms with van der Waals surface area (Å²) >= 11 is 0. The molecule has 1 aliphatic rings. The van der Waals surface area contributed by atoms with Gasteiger partial charge in [-0.1, -0.05) is 6.07 Å². The fourth-order valence-electron chi connectivity index (χ4n) is 3.09. The fourth-order valence-corrected chi connectivity index (χ4v) is 3.09. The van der Waals surface area contributed by atoms with Crippen molar-refractivity contribution in [3.8, 4) is 11.5 Å². The molecule has 9 heteroatoms. The van der Waals surface area contributed by atoms with Crippen LogP contribution in [0.2, 0.25) is 0 Å². The average molecular weight is 380 g/mol. The van der Waals surface area contributed by atoms with Gasteiger partial charge in [0, 0.05) is 12.7 Å². The Bertz CT molecular complexity index is 862. The van der Waals surface area contributed by atoms with Crippen molar-refractivity contribution in [3.63, 3.8) is 0 Å². The lowest BCUT2D eigenvalue weighted by atomic mass is 10.0. The van der Waals surface area contributed by atoms with Crippen LogP contribution in [-0.4, -0.2) is 31.8 Å². The normalized spacial score (nSPS) is 19.0. The molecular formula is C18H18F2N2O5. The maximum atomic E-state index is 13.6. The summed E-state index contributed by atoms with van der Waals surface area (Å²) in [5.41, 5.74) is 0.483. The number of nitrogens with zero attached hydrogens (tertiary/aromatic N) is 1. The number of methoxy groups -OCH3 is 2. The first kappa shape index (κ1) is 18.8. The fraction of sp³-hybridized carbons (Fsp3) is 0.333. The molecular weight excluding hydrogens is 362 g/mol. The predicted molar refractivity (Wildman–Crippen MR) is 93.3 cm³/mol. The Morgan fingerprint density at radius 1 is 1.15 bits per heavy atom. The van der Waals surface area contributed by atoms with Crippen molar-refractivity contribution in [2.45, 2.75) is 18.6 Å². The molecule has 2 unspecified atom stereocenters. The van der Waals surface area contributed by atoms with Gasteiger partial charge in [-0.2, -0.15) is 0 Å². The second kappa shape index (κ2) is 7.75. The van der Waals surface area contributed by atoms with Gasteiger partial charge in [0.1, 0.15) is 11.8 Å². The van der Waals surface area contributed by atoms with Gasteiger partial charge in [-0.15, -0.1) is 0 Å². The Hall–Kier alpha value is -2.94. The number of nitro groups is 1. The SMILES string of the molecule is COc1cc(NC2CCOC2c2ccc(F)c(F)c2)c([N+](=O)[O-])cc1OC. The number of hydrogen-bond acceptors (Lipinski definition) is 6. The molecule has 1 heterocycles. The van der Waals surface area contributed by atoms with Gasteiger partial charge in [-0.25, -0.2) is 8.78 Å². The van der Waals surface area contributed by atoms with Gasteiger partial charge < -0.3 is 19.5 Å². The third-order valence-corrected chi connectivity index (χ3v) is 4.40. The molecule has 27 heavy (non-hydrogen) atoms. The number of halogens is 2. The van der Waals surface area contributed by atoms with Gasteiger partial charge in [0.2, 0.25) is 0 Å². The minimum absolute atomic E-state index is 0.191. The zero-order valence-electron chi connectivity index (χ0n) is 14.7. The maximum absolute atomic E-state index is 13.6. The molecule has 0 bridgehead atoms. The van der Waals surface area contributed by atoms with Crippen LogP contribution in [0, 0.1) is 21.7 Å². The molecule has 0 spiro atoms. The van der Waals surface area contributed by atoms with Gasteiger partial charge >= 0.3 is 0 Å². The monoisotopic (exact) mass is 380 g/mol. The summed E-state index contributed by atoms with van der Waals surface area (Å²) in [7, 11) is 2.81. The van der Waals surface area contributed by atoms with Gasteiger partial charge in [-0.05, 0) is 24.1 Å². The van der Waals surface area contributed by atoms with E-state index in [0.29, 0.717) is 24.3 Å². The molecule has 2 atom stereocenters. The highest BCUT2D eigenvalue weighted by atomic mass is 19.2. The molecule has 144 valence electrons. The lowest BCUT2D eigenvalue weighted by molar-refractivity contribution is -0.384. The molecule has 2 aromatic carbocycles. The highest BCUT2D eigenvalue weighted by Gasteiger charge is 2.32. The van der Waals surface area contributed by atoms with Crippen LogP contribution in [0.4, 0.5) is 20.2 Å². The van der Waals surface area contributed by atoms with E-state index in [4.69, 9.17) is 14.2 Å². The van der Waals surface area contributed by atoms with Crippen molar-refractivity contribution in [2.75, 3.05) is 26.1 Å². The lowest BCUT2D eigenvalue weighted by Crippen LogP contribution is -2.24. The van der Waals surface area contributed by atoms with E-state index in [1.807, 2.05) is 0 Å². The van der Waals surface area contributed by atoms with Crippen molar-refractivity contribution in [2.24, 2.45) is 0 Å². The Labute approximate surface area is 154 Å². The van der Waals surface area contributed by atoms with E-state index in [0.717, 1.165) is 12.1 Å². The number of rotatable bonds is 6. The second-order valence-electron chi connectivity index (χ2n) is 5.99. The number of hydrogen-bond donors (Lipinski definition) is 1. The average Bonchev–Trinajstić information content (AvgIpc) is 3.11. The van der Waals surface area contributed by atoms with Crippen LogP contribution >= 0.6 is 0 Å². The minimum Gasteiger partial charge on any atom is -0.493 e. The van der Waals surface area contributed by atoms with E-state index in [9.17, 15) is 18.9 Å². The summed E-state index contributed by atoms with van der Waals surface area (Å²) in [4.78, 5) is 10.9. The van der Waals surface area contributed by atoms with Crippen LogP contribution in [0.5, 0.6) is 11.5 Å². The molecule has 0 amide bonds. The summed E-state index contributed by atoms with van der Waals surface area (Å²) in [5.74, 6) is -1.36. The lowest BCUT2D eigenvalue weighted by Gasteiger charge is -2.22. The Kier molecular flexibility index (Phi) is 5.41. The number of benzene rings is 2. The van der Waals surface area contributed by atoms with Gasteiger partial charge in [0.15, 0.2) is 23.1 Å². The third-order valence-electron chi connectivity index (χ3n) is 4.40. The highest BCUT2D eigenvalue weighted by molar-refractivity contribution is 5.69. The molecule has 0 radical (unpaired) electrons.